The number of guanidine groups is 1. The van der Waals surface area contributed by atoms with Gasteiger partial charge in [-0.2, -0.15) is 0 Å². The van der Waals surface area contributed by atoms with E-state index in [-0.39, 0.29) is 142 Å². The van der Waals surface area contributed by atoms with E-state index >= 15 is 0 Å². The number of hydrogen-bond acceptors (Lipinski definition) is 23. The summed E-state index contributed by atoms with van der Waals surface area (Å²) in [6.07, 6.45) is 1.64. The second kappa shape index (κ2) is 50.8. The van der Waals surface area contributed by atoms with Crippen LogP contribution in [0.3, 0.4) is 0 Å². The number of primary amides is 2. The van der Waals surface area contributed by atoms with Crippen LogP contribution >= 0.6 is 0 Å². The highest BCUT2D eigenvalue weighted by Crippen LogP contribution is 2.26. The molecule has 0 aromatic heterocycles. The highest BCUT2D eigenvalue weighted by Gasteiger charge is 2.45. The first-order chi connectivity index (χ1) is 54.7. The lowest BCUT2D eigenvalue weighted by atomic mass is 10.0. The molecule has 3 saturated heterocycles. The lowest BCUT2D eigenvalue weighted by Crippen LogP contribution is -2.61. The summed E-state index contributed by atoms with van der Waals surface area (Å²) in [5.41, 5.74) is 45.1. The van der Waals surface area contributed by atoms with Gasteiger partial charge in [0.25, 0.3) is 0 Å². The van der Waals surface area contributed by atoms with Crippen molar-refractivity contribution in [1.29, 1.82) is 0 Å². The van der Waals surface area contributed by atoms with Gasteiger partial charge in [-0.15, -0.1) is 0 Å². The molecule has 3 heterocycles. The fraction of sp³-hybridized carbons (Fsp3) is 0.740. The SMILES string of the molecule is CC(C)[C@H](NC(=O)[C@H](CCCCN)NC(=O)[C@H](CCCN=C(N)N)NC(=O)[C@@H]1CCCN1C(=O)[C@H](CCCCN)NC(=O)[C@@H](C)NC(=O)[C@H](CCC(N)=O)NC(=O)[C@@H]1CCCN1C(=O)[C@@H](NC(=O)[C@@H]1CCCN1C(=O)[C@H](CCC(=O)O)NC(=O)[C@@H](N)CCCCN)C(C)C)C(=O)N[C@@H](C)C(=O)N[C@@H](C)C(=O)N[C@@H](CCC(N)=O)C(=O)O. The van der Waals surface area contributed by atoms with E-state index in [0.29, 0.717) is 45.1 Å². The largest absolute Gasteiger partial charge is 0.481 e. The van der Waals surface area contributed by atoms with Gasteiger partial charge in [0.2, 0.25) is 94.5 Å². The Morgan fingerprint density at radius 3 is 1.16 bits per heavy atom. The summed E-state index contributed by atoms with van der Waals surface area (Å²) in [5.74, 6) is -17.2. The molecule has 16 amide bonds. The number of carboxylic acid groups (broad SMARTS) is 2. The maximum atomic E-state index is 14.8. The number of carboxylic acids is 2. The van der Waals surface area contributed by atoms with E-state index in [9.17, 15) is 96.5 Å². The predicted octanol–water partition coefficient (Wildman–Crippen LogP) is -7.09. The van der Waals surface area contributed by atoms with Gasteiger partial charge in [0.15, 0.2) is 5.96 Å². The van der Waals surface area contributed by atoms with Crippen LogP contribution in [0.5, 0.6) is 0 Å². The molecule has 0 bridgehead atoms. The maximum Gasteiger partial charge on any atom is 0.326 e. The third-order valence-electron chi connectivity index (χ3n) is 20.1. The van der Waals surface area contributed by atoms with Gasteiger partial charge >= 0.3 is 11.9 Å². The van der Waals surface area contributed by atoms with Crippen molar-refractivity contribution in [2.24, 2.45) is 62.7 Å². The zero-order valence-electron chi connectivity index (χ0n) is 67.7. The van der Waals surface area contributed by atoms with E-state index in [4.69, 9.17) is 45.9 Å². The van der Waals surface area contributed by atoms with E-state index in [2.05, 4.69) is 63.5 Å². The van der Waals surface area contributed by atoms with Crippen LogP contribution in [-0.4, -0.2) is 274 Å². The number of nitrogens with two attached hydrogens (primary N) is 8. The van der Waals surface area contributed by atoms with Crippen molar-refractivity contribution in [3.05, 3.63) is 0 Å². The van der Waals surface area contributed by atoms with Crippen molar-refractivity contribution in [2.45, 2.75) is 287 Å². The van der Waals surface area contributed by atoms with E-state index in [0.717, 1.165) is 0 Å². The molecule has 0 unspecified atom stereocenters. The zero-order valence-corrected chi connectivity index (χ0v) is 67.7. The number of likely N-dealkylation sites (tertiary alicyclic amines) is 3. The Balaban J connectivity index is 1.82. The van der Waals surface area contributed by atoms with Gasteiger partial charge in [0.05, 0.1) is 6.04 Å². The molecule has 0 spiro atoms. The van der Waals surface area contributed by atoms with Crippen LogP contribution in [0.4, 0.5) is 0 Å². The van der Waals surface area contributed by atoms with Crippen molar-refractivity contribution >= 4 is 112 Å². The van der Waals surface area contributed by atoms with E-state index in [1.54, 1.807) is 27.7 Å². The Bertz CT molecular complexity index is 3440. The monoisotopic (exact) mass is 1650 g/mol. The van der Waals surface area contributed by atoms with Gasteiger partial charge in [0.1, 0.15) is 84.6 Å². The van der Waals surface area contributed by atoms with E-state index in [1.807, 2.05) is 0 Å². The van der Waals surface area contributed by atoms with Crippen molar-refractivity contribution in [3.63, 3.8) is 0 Å². The number of unbranched alkanes of at least 4 members (excludes halogenated alkanes) is 3. The van der Waals surface area contributed by atoms with Gasteiger partial charge in [-0.1, -0.05) is 34.1 Å². The van der Waals surface area contributed by atoms with Crippen molar-refractivity contribution in [2.75, 3.05) is 45.8 Å². The van der Waals surface area contributed by atoms with E-state index < -0.39 is 222 Å². The average Bonchev–Trinajstić information content (AvgIpc) is 1.63. The van der Waals surface area contributed by atoms with Crippen molar-refractivity contribution in [3.8, 4) is 0 Å². The smallest absolute Gasteiger partial charge is 0.326 e. The summed E-state index contributed by atoms with van der Waals surface area (Å²) in [6.45, 7) is 11.2. The molecule has 15 atom stereocenters. The Labute approximate surface area is 674 Å². The number of hydrogen-bond donors (Lipinski definition) is 21. The summed E-state index contributed by atoms with van der Waals surface area (Å²) in [5, 5.41) is 47.3. The standard InChI is InChI=1S/C73H127N23O20/c1-38(2)56(68(111)85-40(5)58(101)83-41(6)60(103)91-49(72(115)116)26-29-54(79)98)92-64(107)44(19-9-12-32-75)86-63(106)45(21-14-34-82-73(80)81)87-65(108)50-22-15-35-94(50)69(112)47(20-10-13-33-76)89-59(102)42(7)84-62(105)46(25-28-53(78)97)88-66(109)51-23-17-37-96(51)71(114)57(39(3)4)93-67(110)52-24-16-36-95(52)70(113)48(27-30-55(99)100)90-61(104)43(77)18-8-11-31-74/h38-52,56-57H,8-37,74-77H2,1-7H3,(H2,78,97)(H2,79,98)(H,83,101)(H,84,105)(H,85,111)(H,86,106)(H,87,108)(H,88,109)(H,89,102)(H,90,104)(H,91,103)(H,92,107)(H,93,110)(H,99,100)(H,115,116)(H4,80,81,82)/t40-,41-,42+,43-,44-,45-,46-,47-,48-,49-,50-,51-,52-,56-,57-/m0/s1. The molecular formula is C73H127N23O20. The number of rotatable bonds is 53. The summed E-state index contributed by atoms with van der Waals surface area (Å²) in [7, 11) is 0. The van der Waals surface area contributed by atoms with Crippen LogP contribution in [0, 0.1) is 11.8 Å². The quantitative estimate of drug-likeness (QED) is 0.0153. The lowest BCUT2D eigenvalue weighted by molar-refractivity contribution is -0.145. The molecule has 3 aliphatic heterocycles. The molecule has 43 heteroatoms. The molecule has 3 fully saturated rings. The number of nitrogens with zero attached hydrogens (tertiary/aromatic N) is 4. The normalized spacial score (nSPS) is 18.3. The molecule has 0 aromatic carbocycles. The first-order valence-corrected chi connectivity index (χ1v) is 39.9. The minimum absolute atomic E-state index is 0.00650. The van der Waals surface area contributed by atoms with Gasteiger partial charge in [0, 0.05) is 45.4 Å². The third kappa shape index (κ3) is 33.4. The molecule has 43 nitrogen and oxygen atoms in total. The minimum atomic E-state index is -1.54. The summed E-state index contributed by atoms with van der Waals surface area (Å²) in [6, 6.07) is -19.9. The van der Waals surface area contributed by atoms with Crippen LogP contribution in [0.25, 0.3) is 0 Å². The maximum absolute atomic E-state index is 14.8. The fourth-order valence-corrected chi connectivity index (χ4v) is 13.4. The van der Waals surface area contributed by atoms with E-state index in [1.165, 1.54) is 35.5 Å². The summed E-state index contributed by atoms with van der Waals surface area (Å²) < 4.78 is 0. The Hall–Kier alpha value is -10.4. The zero-order chi connectivity index (χ0) is 87.2. The minimum Gasteiger partial charge on any atom is -0.481 e. The molecule has 0 aliphatic carbocycles. The first-order valence-electron chi connectivity index (χ1n) is 39.9. The molecular weight excluding hydrogens is 1520 g/mol. The highest BCUT2D eigenvalue weighted by atomic mass is 16.4. The Kier molecular flexibility index (Phi) is 43.7. The Morgan fingerprint density at radius 2 is 0.707 bits per heavy atom. The molecule has 3 aliphatic rings. The Morgan fingerprint density at radius 1 is 0.362 bits per heavy atom. The lowest BCUT2D eigenvalue weighted by Gasteiger charge is -2.33. The number of amides is 16. The van der Waals surface area contributed by atoms with Gasteiger partial charge < -0.3 is 129 Å². The number of nitrogens with one attached hydrogen (secondary N) is 11. The topological polar surface area (TPSA) is 710 Å². The molecule has 0 saturated carbocycles. The summed E-state index contributed by atoms with van der Waals surface area (Å²) in [4.78, 5) is 252. The molecule has 3 rings (SSSR count). The van der Waals surface area contributed by atoms with Crippen LogP contribution in [0.2, 0.25) is 0 Å². The molecule has 0 aromatic rings. The molecule has 0 radical (unpaired) electrons. The second-order valence-corrected chi connectivity index (χ2v) is 30.3. The number of aliphatic carboxylic acids is 2. The fourth-order valence-electron chi connectivity index (χ4n) is 13.4. The number of aliphatic imine (C=N–C) groups is 1. The molecule has 29 N–H and O–H groups in total. The average molecular weight is 1650 g/mol. The first kappa shape index (κ1) is 99.8. The van der Waals surface area contributed by atoms with Crippen LogP contribution in [-0.2, 0) is 86.3 Å². The van der Waals surface area contributed by atoms with Gasteiger partial charge in [-0.3, -0.25) is 86.5 Å². The van der Waals surface area contributed by atoms with Gasteiger partial charge in [-0.05, 0) is 174 Å². The number of carbonyl (C=O) groups is 18. The van der Waals surface area contributed by atoms with Crippen molar-refractivity contribution in [1.82, 2.24) is 73.2 Å². The van der Waals surface area contributed by atoms with Crippen molar-refractivity contribution < 1.29 is 96.5 Å². The predicted molar refractivity (Wildman–Crippen MR) is 420 cm³/mol. The van der Waals surface area contributed by atoms with Gasteiger partial charge in [-0.25, -0.2) is 4.79 Å². The molecule has 116 heavy (non-hydrogen) atoms. The second-order valence-electron chi connectivity index (χ2n) is 30.3. The number of carbonyl (C=O) groups excluding carboxylic acids is 16. The van der Waals surface area contributed by atoms with Crippen LogP contribution in [0.15, 0.2) is 4.99 Å². The highest BCUT2D eigenvalue weighted by molar-refractivity contribution is 6.01. The van der Waals surface area contributed by atoms with Crippen LogP contribution < -0.4 is 104 Å². The van der Waals surface area contributed by atoms with Crippen LogP contribution in [0.1, 0.15) is 196 Å². The summed E-state index contributed by atoms with van der Waals surface area (Å²) >= 11 is 0. The molecule has 654 valence electrons. The third-order valence-corrected chi connectivity index (χ3v) is 20.1.